The maximum Gasteiger partial charge on any atom is 0.490 e. The van der Waals surface area contributed by atoms with E-state index in [4.69, 9.17) is 20.3 Å². The van der Waals surface area contributed by atoms with Crippen molar-refractivity contribution in [2.24, 2.45) is 10.7 Å². The summed E-state index contributed by atoms with van der Waals surface area (Å²) in [6, 6.07) is 4.67. The molecule has 3 rings (SSSR count). The third kappa shape index (κ3) is 7.73. The lowest BCUT2D eigenvalue weighted by molar-refractivity contribution is -0.854. The maximum absolute atomic E-state index is 13.1. The first-order valence-electron chi connectivity index (χ1n) is 10.8. The number of nitro benzene ring substituents is 1. The lowest BCUT2D eigenvalue weighted by Gasteiger charge is -2.37. The highest BCUT2D eigenvalue weighted by atomic mass is 31.3. The Morgan fingerprint density at radius 3 is 2.33 bits per heavy atom. The van der Waals surface area contributed by atoms with Gasteiger partial charge in [-0.15, -0.1) is 4.99 Å². The lowest BCUT2D eigenvalue weighted by atomic mass is 10.1. The summed E-state index contributed by atoms with van der Waals surface area (Å²) < 4.78 is 50.5. The van der Waals surface area contributed by atoms with E-state index < -0.39 is 70.1 Å². The van der Waals surface area contributed by atoms with Gasteiger partial charge in [-0.25, -0.2) is 18.5 Å². The Hall–Kier alpha value is -2.25. The van der Waals surface area contributed by atoms with Crippen LogP contribution in [-0.4, -0.2) is 88.8 Å². The van der Waals surface area contributed by atoms with Gasteiger partial charge in [0.05, 0.1) is 18.1 Å². The van der Waals surface area contributed by atoms with Crippen molar-refractivity contribution in [1.29, 1.82) is 0 Å². The number of phosphoric acid groups is 3. The molecule has 8 N–H and O–H groups in total. The standard InChI is InChI=1S/C17H23N4O16P3/c18-13-6-8-21(17(24)19-13,7-5-10-3-1-2-4-11(10)20(25)26)16-15(23)14(22)12(35-16)9-34-39(30,31)37-40(32,33)36-38(27,28)29/h1-4,6,8,12,14-16,22-23H,5,7,9H2,(H5-,18,19,24,27,28,29,30,31,32,33)/p+1/t12-,14-,15-,16-,21?/m1/s1. The second kappa shape index (κ2) is 11.9. The van der Waals surface area contributed by atoms with Crippen molar-refractivity contribution in [1.82, 2.24) is 0 Å². The minimum Gasteiger partial charge on any atom is -0.387 e. The molecule has 1 aromatic carbocycles. The number of phosphoric ester groups is 1. The summed E-state index contributed by atoms with van der Waals surface area (Å²) in [7, 11) is -17.0. The Bertz CT molecular complexity index is 1370. The number of aliphatic imine (C=N–C) groups is 1. The average molecular weight is 633 g/mol. The second-order valence-electron chi connectivity index (χ2n) is 8.36. The number of urea groups is 1. The van der Waals surface area contributed by atoms with E-state index in [0.29, 0.717) is 0 Å². The monoisotopic (exact) mass is 633 g/mol. The number of aliphatic hydroxyl groups is 2. The fourth-order valence-corrected chi connectivity index (χ4v) is 6.96. The number of nitro groups is 1. The molecule has 0 radical (unpaired) electrons. The number of hydrogen-bond donors (Lipinski definition) is 7. The first kappa shape index (κ1) is 32.3. The molecule has 7 atom stereocenters. The number of nitrogens with zero attached hydrogens (tertiary/aromatic N) is 3. The number of amidine groups is 1. The summed E-state index contributed by atoms with van der Waals surface area (Å²) >= 11 is 0. The van der Waals surface area contributed by atoms with Gasteiger partial charge < -0.3 is 40.3 Å². The van der Waals surface area contributed by atoms with E-state index >= 15 is 0 Å². The molecule has 2 heterocycles. The molecule has 2 amide bonds. The number of carbonyl (C=O) groups is 1. The van der Waals surface area contributed by atoms with Gasteiger partial charge in [-0.05, 0) is 0 Å². The van der Waals surface area contributed by atoms with Gasteiger partial charge in [0.25, 0.3) is 5.69 Å². The van der Waals surface area contributed by atoms with Crippen LogP contribution in [0, 0.1) is 10.1 Å². The molecule has 0 aliphatic carbocycles. The molecule has 3 unspecified atom stereocenters. The molecule has 2 aliphatic rings. The molecule has 20 nitrogen and oxygen atoms in total. The molecule has 0 spiro atoms. The number of carbonyl (C=O) groups excluding carboxylic acids is 1. The fourth-order valence-electron chi connectivity index (χ4n) is 3.93. The van der Waals surface area contributed by atoms with Crippen molar-refractivity contribution in [3.8, 4) is 0 Å². The summed E-state index contributed by atoms with van der Waals surface area (Å²) in [5.74, 6) is -0.207. The SMILES string of the molecule is NC1=NC(=O)[N+](CCc2ccccc2[N+](=O)[O-])([C@@H]2O[C@H](COP(=O)(O)OP(=O)(O)OP(=O)(O)O)[C@@H](O)[C@H]2O)C=C1. The first-order chi connectivity index (χ1) is 18.4. The number of aliphatic hydroxyl groups excluding tert-OH is 2. The van der Waals surface area contributed by atoms with Crippen LogP contribution in [0.2, 0.25) is 0 Å². The summed E-state index contributed by atoms with van der Waals surface area (Å²) in [6.45, 7) is -1.42. The fraction of sp³-hybridized carbons (Fsp3) is 0.412. The van der Waals surface area contributed by atoms with Gasteiger partial charge in [0.15, 0.2) is 6.10 Å². The maximum atomic E-state index is 13.1. The van der Waals surface area contributed by atoms with Crippen LogP contribution in [-0.2, 0) is 38.0 Å². The number of amides is 2. The summed E-state index contributed by atoms with van der Waals surface area (Å²) in [5, 5.41) is 32.6. The highest BCUT2D eigenvalue weighted by molar-refractivity contribution is 7.66. The Balaban J connectivity index is 1.81. The second-order valence-corrected chi connectivity index (χ2v) is 12.8. The Labute approximate surface area is 224 Å². The van der Waals surface area contributed by atoms with Crippen LogP contribution in [0.15, 0.2) is 41.5 Å². The normalized spacial score (nSPS) is 29.9. The van der Waals surface area contributed by atoms with E-state index in [1.807, 2.05) is 0 Å². The molecule has 23 heteroatoms. The van der Waals surface area contributed by atoms with E-state index in [2.05, 4.69) is 18.1 Å². The van der Waals surface area contributed by atoms with E-state index in [0.717, 1.165) is 0 Å². The van der Waals surface area contributed by atoms with Gasteiger partial charge in [-0.2, -0.15) is 13.1 Å². The quantitative estimate of drug-likeness (QED) is 0.0675. The van der Waals surface area contributed by atoms with Gasteiger partial charge in [0, 0.05) is 24.1 Å². The summed E-state index contributed by atoms with van der Waals surface area (Å²) in [4.78, 5) is 63.6. The van der Waals surface area contributed by atoms with Crippen molar-refractivity contribution in [2.45, 2.75) is 31.0 Å². The topological polar surface area (TPSA) is 308 Å². The van der Waals surface area contributed by atoms with E-state index in [-0.39, 0.29) is 30.1 Å². The number of para-hydroxylation sites is 1. The average Bonchev–Trinajstić information content (AvgIpc) is 3.09. The number of hydrogen-bond acceptors (Lipinski definition) is 13. The highest BCUT2D eigenvalue weighted by Gasteiger charge is 2.58. The van der Waals surface area contributed by atoms with E-state index in [1.54, 1.807) is 0 Å². The minimum absolute atomic E-state index is 0.127. The predicted octanol–water partition coefficient (Wildman–Crippen LogP) is -0.251. The molecule has 222 valence electrons. The van der Waals surface area contributed by atoms with Gasteiger partial charge in [-0.3, -0.25) is 14.6 Å². The van der Waals surface area contributed by atoms with Crippen molar-refractivity contribution in [3.63, 3.8) is 0 Å². The van der Waals surface area contributed by atoms with E-state index in [1.165, 1.54) is 36.5 Å². The third-order valence-corrected chi connectivity index (χ3v) is 9.44. The number of ether oxygens (including phenoxy) is 1. The zero-order chi connectivity index (χ0) is 30.1. The van der Waals surface area contributed by atoms with Crippen LogP contribution in [0.1, 0.15) is 5.56 Å². The Kier molecular flexibility index (Phi) is 9.62. The van der Waals surface area contributed by atoms with Crippen LogP contribution in [0.4, 0.5) is 10.5 Å². The number of quaternary nitrogens is 1. The smallest absolute Gasteiger partial charge is 0.387 e. The molecule has 2 aliphatic heterocycles. The van der Waals surface area contributed by atoms with Crippen molar-refractivity contribution in [3.05, 3.63) is 52.2 Å². The first-order valence-corrected chi connectivity index (χ1v) is 15.4. The van der Waals surface area contributed by atoms with Crippen molar-refractivity contribution >= 4 is 41.0 Å². The van der Waals surface area contributed by atoms with Crippen LogP contribution in [0.5, 0.6) is 0 Å². The van der Waals surface area contributed by atoms with Crippen LogP contribution >= 0.6 is 23.5 Å². The molecular weight excluding hydrogens is 609 g/mol. The molecule has 1 aromatic rings. The predicted molar refractivity (Wildman–Crippen MR) is 129 cm³/mol. The van der Waals surface area contributed by atoms with Crippen molar-refractivity contribution in [2.75, 3.05) is 13.2 Å². The molecular formula is C17H24N4O16P3+. The van der Waals surface area contributed by atoms with E-state index in [9.17, 15) is 48.6 Å². The Morgan fingerprint density at radius 1 is 1.07 bits per heavy atom. The molecule has 1 saturated heterocycles. The minimum atomic E-state index is -5.82. The number of benzene rings is 1. The zero-order valence-corrected chi connectivity index (χ0v) is 22.6. The summed E-state index contributed by atoms with van der Waals surface area (Å²) in [5.41, 5.74) is 5.55. The van der Waals surface area contributed by atoms with Gasteiger partial charge in [-0.1, -0.05) is 18.2 Å². The summed E-state index contributed by atoms with van der Waals surface area (Å²) in [6.07, 6.45) is -4.88. The zero-order valence-electron chi connectivity index (χ0n) is 19.9. The number of rotatable bonds is 12. The molecule has 0 aromatic heterocycles. The molecule has 0 bridgehead atoms. The van der Waals surface area contributed by atoms with Gasteiger partial charge >= 0.3 is 29.5 Å². The molecule has 1 fully saturated rings. The highest BCUT2D eigenvalue weighted by Crippen LogP contribution is 2.66. The van der Waals surface area contributed by atoms with Crippen LogP contribution in [0.3, 0.4) is 0 Å². The Morgan fingerprint density at radius 2 is 1.73 bits per heavy atom. The van der Waals surface area contributed by atoms with Crippen molar-refractivity contribution < 1.29 is 75.6 Å². The molecule has 0 saturated carbocycles. The van der Waals surface area contributed by atoms with Crippen LogP contribution < -0.4 is 5.73 Å². The largest absolute Gasteiger partial charge is 0.490 e. The third-order valence-electron chi connectivity index (χ3n) is 5.64. The van der Waals surface area contributed by atoms with Crippen LogP contribution in [0.25, 0.3) is 0 Å². The van der Waals surface area contributed by atoms with Gasteiger partial charge in [0.1, 0.15) is 24.2 Å². The molecule has 40 heavy (non-hydrogen) atoms. The van der Waals surface area contributed by atoms with Gasteiger partial charge in [0.2, 0.25) is 6.23 Å². The number of nitrogens with two attached hydrogens (primary N) is 1. The lowest BCUT2D eigenvalue weighted by Crippen LogP contribution is -2.61.